The number of alkyl halides is 4. The normalized spacial score (nSPS) is 16.4. The van der Waals surface area contributed by atoms with Gasteiger partial charge in [0.25, 0.3) is 5.91 Å². The Morgan fingerprint density at radius 2 is 0.826 bits per heavy atom. The minimum Gasteiger partial charge on any atom is -0.508 e. The van der Waals surface area contributed by atoms with Crippen molar-refractivity contribution >= 4 is 156 Å². The number of aromatic amines is 2. The smallest absolute Gasteiger partial charge is 0.367 e. The fraction of sp³-hybridized carbons (Fsp3) is 0.254. The number of thiophene rings is 2. The largest absolute Gasteiger partial charge is 0.508 e. The molecule has 0 radical (unpaired) electrons. The molecule has 0 saturated heterocycles. The van der Waals surface area contributed by atoms with Gasteiger partial charge in [0.15, 0.2) is 23.0 Å². The molecule has 138 heavy (non-hydrogen) atoms. The van der Waals surface area contributed by atoms with Gasteiger partial charge in [0, 0.05) is 126 Å². The molecule has 5 aliphatic rings. The van der Waals surface area contributed by atoms with Crippen LogP contribution in [0.5, 0.6) is 5.75 Å². The molecule has 9 N–H and O–H groups in total. The van der Waals surface area contributed by atoms with Crippen molar-refractivity contribution in [2.75, 3.05) is 14.1 Å². The zero-order chi connectivity index (χ0) is 101. The van der Waals surface area contributed by atoms with Crippen LogP contribution in [-0.2, 0) is 29.6 Å². The molecule has 5 atom stereocenters. The van der Waals surface area contributed by atoms with Crippen molar-refractivity contribution in [1.82, 2.24) is 24.8 Å². The van der Waals surface area contributed by atoms with Crippen LogP contribution < -0.4 is 5.73 Å². The summed E-state index contributed by atoms with van der Waals surface area (Å²) in [7, 11) is 3.01. The molecule has 19 rings (SSSR count). The number of nitrogens with zero attached hydrogens (tertiary/aromatic N) is 3. The van der Waals surface area contributed by atoms with E-state index in [2.05, 4.69) is 156 Å². The second kappa shape index (κ2) is 46.7. The van der Waals surface area contributed by atoms with Gasteiger partial charge in [0.1, 0.15) is 28.6 Å². The highest BCUT2D eigenvalue weighted by Gasteiger charge is 2.67. The number of fused-ring (bicyclic) bond motifs is 17. The molecule has 1 saturated carbocycles. The molecule has 0 spiro atoms. The van der Waals surface area contributed by atoms with Crippen molar-refractivity contribution in [2.45, 2.75) is 165 Å². The number of likely N-dealkylation sites (N-methyl/N-ethyl adjacent to an activating group) is 1. The van der Waals surface area contributed by atoms with Crippen molar-refractivity contribution in [3.8, 4) is 50.3 Å². The summed E-state index contributed by atoms with van der Waals surface area (Å²) in [5.74, 6) is -22.8. The number of aliphatic hydroxyl groups excluding tert-OH is 2. The summed E-state index contributed by atoms with van der Waals surface area (Å²) in [5.41, 5.74) is 15.8. The maximum absolute atomic E-state index is 14.7. The first kappa shape index (κ1) is 106. The van der Waals surface area contributed by atoms with E-state index < -0.39 is 136 Å². The molecule has 24 heteroatoms. The van der Waals surface area contributed by atoms with Crippen LogP contribution in [0.3, 0.4) is 0 Å². The molecule has 9 aromatic carbocycles. The second-order valence-electron chi connectivity index (χ2n) is 31.5. The van der Waals surface area contributed by atoms with Gasteiger partial charge in [0.05, 0.1) is 52.8 Å². The van der Waals surface area contributed by atoms with Gasteiger partial charge >= 0.3 is 11.8 Å². The Kier molecular flexibility index (Phi) is 35.9. The van der Waals surface area contributed by atoms with E-state index in [9.17, 15) is 76.7 Å². The Hall–Kier alpha value is -14.0. The predicted molar refractivity (Wildman–Crippen MR) is 556 cm³/mol. The molecule has 716 valence electrons. The Bertz CT molecular complexity index is 6770. The number of hydrogen-bond acceptors (Lipinski definition) is 17. The van der Waals surface area contributed by atoms with Crippen LogP contribution in [0, 0.1) is 11.8 Å². The summed E-state index contributed by atoms with van der Waals surface area (Å²) < 4.78 is 62.4. The van der Waals surface area contributed by atoms with Gasteiger partial charge in [-0.15, -0.1) is 22.7 Å². The highest BCUT2D eigenvalue weighted by molar-refractivity contribution is 7.26. The number of phenolic OH excluding ortho intramolecular Hbond substituents is 1. The molecule has 8 bridgehead atoms. The SMILES string of the molecule is C1=Cc2nc1c(-c1ccccc1)c1ccc([nH]1)c(-c1ccccc1)c1nc(c(-c3ccccc3)c3ccc([nH]3)c2-c2ccccc2)C=C1.CC.CC.CC.CC.CC.CC.CC.CN(C)[C@@H]1C(=O)C(C(N)=O)=C(O)[C@@]2(O)C(=O)C3=C(O)c4c(O)cccc4[C@@](C)(O)C3CC12.O=C(CCC(F)(F)C(F)(F)C(=O)CC(=O)c1ccc2sc3ccccc3c2c1)CC(=O)c1ccc2sc3ccccc3c2c1. The summed E-state index contributed by atoms with van der Waals surface area (Å²) in [6.07, 6.45) is 3.48. The van der Waals surface area contributed by atoms with Crippen molar-refractivity contribution in [2.24, 2.45) is 17.6 Å². The number of phenols is 1. The van der Waals surface area contributed by atoms with Gasteiger partial charge < -0.3 is 41.2 Å². The zero-order valence-electron chi connectivity index (χ0n) is 80.6. The standard InChI is InChI=1S/C44H30N4.C34H22F4O4S2.C22H24N2O8.7C2H6/c1-5-13-29(14-6-1)41-33-21-23-35(45-33)42(30-15-7-2-8-16-30)37-25-27-39(47-37)44(32-19-11-4-12-20-32)40-28-26-38(48-40)43(31-17-9-3-10-18-31)36-24-22-34(41)46-36;35-33(36,14-13-21(39)17-26(40)19-9-11-30-24(15-19)22-5-1-3-7-28(22)43-30)34(37,38)32(42)18-27(41)20-10-12-31-25(16-20)23-6-2-4-8-29(23)44-31;1-21(31)8-5-4-6-11(25)12(8)16(26)13-9(21)7-10-15(24(2)3)17(27)14(20(23)30)19(29)22(10,32)18(13)28;7*1-2/h1-28,45,48H;1-12,15-16H,13-14,17-18H2;4-6,9-10,15,25-26,29,31-32H,7H2,1-3H3,(H2,23,30);7*1-2H3/t;;9?,10?,15-,21+,22-;;;;;;;/m..0......./s1. The van der Waals surface area contributed by atoms with Crippen LogP contribution >= 0.6 is 22.7 Å². The molecule has 2 aliphatic heterocycles. The van der Waals surface area contributed by atoms with Crippen LogP contribution in [0.4, 0.5) is 17.6 Å². The molecule has 1 amide bonds. The van der Waals surface area contributed by atoms with E-state index in [-0.39, 0.29) is 28.7 Å². The zero-order valence-corrected chi connectivity index (χ0v) is 82.2. The van der Waals surface area contributed by atoms with E-state index in [1.165, 1.54) is 85.0 Å². The number of nitrogens with two attached hydrogens (primary N) is 1. The molecule has 3 aliphatic carbocycles. The van der Waals surface area contributed by atoms with Crippen molar-refractivity contribution in [3.63, 3.8) is 0 Å². The third kappa shape index (κ3) is 21.1. The molecule has 5 aromatic heterocycles. The minimum absolute atomic E-state index is 0.0455. The van der Waals surface area contributed by atoms with Crippen molar-refractivity contribution < 1.29 is 76.7 Å². The van der Waals surface area contributed by atoms with Gasteiger partial charge in [-0.25, -0.2) is 9.97 Å². The average Bonchev–Trinajstić information content (AvgIpc) is 1.46. The van der Waals surface area contributed by atoms with Crippen LogP contribution in [0.25, 0.3) is 137 Å². The number of primary amides is 1. The third-order valence-electron chi connectivity index (χ3n) is 23.6. The lowest BCUT2D eigenvalue weighted by molar-refractivity contribution is -0.210. The number of ketones is 6. The van der Waals surface area contributed by atoms with Gasteiger partial charge in [-0.1, -0.05) is 267 Å². The predicted octanol–water partition coefficient (Wildman–Crippen LogP) is 27.6. The molecule has 7 heterocycles. The maximum Gasteiger partial charge on any atom is 0.367 e. The molecule has 1 fully saturated rings. The van der Waals surface area contributed by atoms with E-state index >= 15 is 0 Å². The molecule has 2 unspecified atom stereocenters. The Labute approximate surface area is 809 Å². The van der Waals surface area contributed by atoms with E-state index in [1.807, 2.05) is 164 Å². The minimum atomic E-state index is -5.18. The van der Waals surface area contributed by atoms with Gasteiger partial charge in [-0.05, 0) is 158 Å². The first-order valence-corrected chi connectivity index (χ1v) is 48.4. The summed E-state index contributed by atoms with van der Waals surface area (Å²) >= 11 is 3.00. The highest BCUT2D eigenvalue weighted by Crippen LogP contribution is 2.58. The third-order valence-corrected chi connectivity index (χ3v) is 25.9. The molecular formula is C114H118F4N6O12S2. The average molecular weight is 1900 g/mol. The van der Waals surface area contributed by atoms with E-state index in [4.69, 9.17) is 15.7 Å². The lowest BCUT2D eigenvalue weighted by Crippen LogP contribution is -2.67. The molecule has 18 nitrogen and oxygen atoms in total. The summed E-state index contributed by atoms with van der Waals surface area (Å²) in [4.78, 5) is 108. The van der Waals surface area contributed by atoms with Gasteiger partial charge in [-0.2, -0.15) is 17.6 Å². The van der Waals surface area contributed by atoms with Crippen LogP contribution in [0.15, 0.2) is 266 Å². The quantitative estimate of drug-likeness (QED) is 0.0182. The number of halogens is 4. The van der Waals surface area contributed by atoms with Crippen LogP contribution in [0.1, 0.15) is 191 Å². The molecule has 14 aromatic rings. The monoisotopic (exact) mass is 1900 g/mol. The summed E-state index contributed by atoms with van der Waals surface area (Å²) in [6, 6.07) is 78.0. The van der Waals surface area contributed by atoms with Gasteiger partial charge in [0.2, 0.25) is 11.6 Å². The van der Waals surface area contributed by atoms with Crippen molar-refractivity contribution in [1.29, 1.82) is 0 Å². The second-order valence-corrected chi connectivity index (χ2v) is 33.7. The van der Waals surface area contributed by atoms with E-state index in [0.29, 0.717) is 5.39 Å². The number of Topliss-reactive ketones (excluding diaryl/α,β-unsaturated/α-hetero) is 6. The number of aliphatic hydroxyl groups is 4. The lowest BCUT2D eigenvalue weighted by atomic mass is 9.54. The number of carbonyl (C=O) groups excluding carboxylic acids is 7. The first-order valence-electron chi connectivity index (χ1n) is 46.8. The fourth-order valence-corrected chi connectivity index (χ4v) is 19.7. The molecular weight excluding hydrogens is 1790 g/mol. The van der Waals surface area contributed by atoms with Crippen LogP contribution in [-0.4, -0.2) is 129 Å². The number of amides is 1. The Morgan fingerprint density at radius 1 is 0.464 bits per heavy atom. The maximum atomic E-state index is 14.7. The lowest BCUT2D eigenvalue weighted by Gasteiger charge is -2.53. The number of aromatic nitrogens is 4. The topological polar surface area (TPSA) is 307 Å². The highest BCUT2D eigenvalue weighted by atomic mass is 32.1. The number of aromatic hydroxyl groups is 1. The van der Waals surface area contributed by atoms with E-state index in [0.717, 1.165) is 124 Å². The Morgan fingerprint density at radius 3 is 1.20 bits per heavy atom. The number of rotatable bonds is 17. The van der Waals surface area contributed by atoms with Gasteiger partial charge in [-0.3, -0.25) is 38.5 Å². The fourth-order valence-electron chi connectivity index (χ4n) is 17.5. The van der Waals surface area contributed by atoms with Crippen LogP contribution in [0.2, 0.25) is 0 Å². The van der Waals surface area contributed by atoms with Crippen molar-refractivity contribution in [3.05, 3.63) is 311 Å². The number of nitrogens with one attached hydrogen (secondary N) is 2. The summed E-state index contributed by atoms with van der Waals surface area (Å²) in [5, 5.41) is 58.2. The number of carbonyl (C=O) groups is 7. The summed E-state index contributed by atoms with van der Waals surface area (Å²) in [6.45, 7) is 29.4. The number of benzene rings is 9. The number of H-pyrrole nitrogens is 2. The number of hydrogen-bond donors (Lipinski definition) is 8. The first-order chi connectivity index (χ1) is 66.5. The van der Waals surface area contributed by atoms with E-state index in [1.54, 1.807) is 24.3 Å². The Balaban J connectivity index is 0.000000204.